The van der Waals surface area contributed by atoms with Gasteiger partial charge in [0.1, 0.15) is 5.82 Å². The van der Waals surface area contributed by atoms with Crippen LogP contribution in [-0.4, -0.2) is 36.1 Å². The van der Waals surface area contributed by atoms with E-state index in [1.54, 1.807) is 7.05 Å². The summed E-state index contributed by atoms with van der Waals surface area (Å²) in [5.41, 5.74) is 2.81. The molecule has 0 saturated carbocycles. The van der Waals surface area contributed by atoms with E-state index in [4.69, 9.17) is 0 Å². The lowest BCUT2D eigenvalue weighted by molar-refractivity contribution is -0.131. The van der Waals surface area contributed by atoms with Crippen LogP contribution >= 0.6 is 11.8 Å². The van der Waals surface area contributed by atoms with Crippen LogP contribution in [0.15, 0.2) is 47.4 Å². The van der Waals surface area contributed by atoms with Gasteiger partial charge in [-0.1, -0.05) is 17.7 Å². The average Bonchev–Trinajstić information content (AvgIpc) is 2.55. The second-order valence-corrected chi connectivity index (χ2v) is 6.88. The number of hydrogen-bond donors (Lipinski definition) is 1. The van der Waals surface area contributed by atoms with Gasteiger partial charge in [0, 0.05) is 17.6 Å². The van der Waals surface area contributed by atoms with E-state index in [1.165, 1.54) is 46.5 Å². The lowest BCUT2D eigenvalue weighted by Crippen LogP contribution is -2.35. The van der Waals surface area contributed by atoms with Crippen LogP contribution in [0.4, 0.5) is 10.1 Å². The van der Waals surface area contributed by atoms with Crippen molar-refractivity contribution in [1.29, 1.82) is 0 Å². The largest absolute Gasteiger partial charge is 0.336 e. The molecule has 2 rings (SSSR count). The Balaban J connectivity index is 1.82. The predicted molar refractivity (Wildman–Crippen MR) is 99.3 cm³/mol. The Morgan fingerprint density at radius 1 is 1.12 bits per heavy atom. The first-order chi connectivity index (χ1) is 11.8. The Hall–Kier alpha value is -2.34. The fraction of sp³-hybridized carbons (Fsp3) is 0.263. The van der Waals surface area contributed by atoms with Gasteiger partial charge in [0.25, 0.3) is 0 Å². The number of nitrogens with one attached hydrogen (secondary N) is 1. The van der Waals surface area contributed by atoms with Crippen LogP contribution in [0.2, 0.25) is 0 Å². The van der Waals surface area contributed by atoms with Crippen LogP contribution in [-0.2, 0) is 9.59 Å². The van der Waals surface area contributed by atoms with E-state index < -0.39 is 0 Å². The first-order valence-electron chi connectivity index (χ1n) is 7.84. The lowest BCUT2D eigenvalue weighted by atomic mass is 10.2. The minimum atomic E-state index is -0.367. The highest BCUT2D eigenvalue weighted by molar-refractivity contribution is 8.00. The molecule has 0 aliphatic rings. The number of rotatable bonds is 6. The number of aryl methyl sites for hydroxylation is 2. The normalized spacial score (nSPS) is 10.4. The van der Waals surface area contributed by atoms with Gasteiger partial charge < -0.3 is 10.2 Å². The number of likely N-dealkylation sites (N-methyl/N-ethyl adjacent to an activating group) is 1. The van der Waals surface area contributed by atoms with E-state index in [2.05, 4.69) is 11.4 Å². The minimum Gasteiger partial charge on any atom is -0.336 e. The summed E-state index contributed by atoms with van der Waals surface area (Å²) >= 11 is 1.46. The standard InChI is InChI=1S/C19H21FN2O2S/c1-13-4-9-17(14(2)10-13)25-12-19(24)22(3)11-18(23)21-16-7-5-15(20)6-8-16/h4-10H,11-12H2,1-3H3,(H,21,23). The molecule has 2 aromatic rings. The Morgan fingerprint density at radius 3 is 2.44 bits per heavy atom. The third kappa shape index (κ3) is 5.90. The highest BCUT2D eigenvalue weighted by atomic mass is 32.2. The van der Waals surface area contributed by atoms with E-state index in [0.717, 1.165) is 10.5 Å². The van der Waals surface area contributed by atoms with Gasteiger partial charge in [0.2, 0.25) is 11.8 Å². The smallest absolute Gasteiger partial charge is 0.243 e. The third-order valence-corrected chi connectivity index (χ3v) is 4.78. The van der Waals surface area contributed by atoms with Crippen LogP contribution in [0.1, 0.15) is 11.1 Å². The van der Waals surface area contributed by atoms with Crippen LogP contribution in [0.3, 0.4) is 0 Å². The summed E-state index contributed by atoms with van der Waals surface area (Å²) in [6, 6.07) is 11.6. The summed E-state index contributed by atoms with van der Waals surface area (Å²) < 4.78 is 12.8. The lowest BCUT2D eigenvalue weighted by Gasteiger charge is -2.17. The molecule has 2 amide bonds. The fourth-order valence-corrected chi connectivity index (χ4v) is 3.20. The molecule has 0 aliphatic heterocycles. The molecular formula is C19H21FN2O2S. The van der Waals surface area contributed by atoms with Gasteiger partial charge in [0.05, 0.1) is 12.3 Å². The van der Waals surface area contributed by atoms with E-state index in [9.17, 15) is 14.0 Å². The van der Waals surface area contributed by atoms with Crippen molar-refractivity contribution in [3.8, 4) is 0 Å². The van der Waals surface area contributed by atoms with E-state index >= 15 is 0 Å². The molecule has 132 valence electrons. The highest BCUT2D eigenvalue weighted by Gasteiger charge is 2.14. The Morgan fingerprint density at radius 2 is 1.80 bits per heavy atom. The van der Waals surface area contributed by atoms with Crippen molar-refractivity contribution in [2.24, 2.45) is 0 Å². The molecule has 0 aliphatic carbocycles. The number of anilines is 1. The highest BCUT2D eigenvalue weighted by Crippen LogP contribution is 2.23. The molecule has 0 atom stereocenters. The van der Waals surface area contributed by atoms with Crippen molar-refractivity contribution in [1.82, 2.24) is 4.90 Å². The zero-order valence-corrected chi connectivity index (χ0v) is 15.3. The maximum atomic E-state index is 12.8. The van der Waals surface area contributed by atoms with E-state index in [1.807, 2.05) is 26.0 Å². The number of thioether (sulfide) groups is 1. The van der Waals surface area contributed by atoms with Gasteiger partial charge in [-0.3, -0.25) is 9.59 Å². The van der Waals surface area contributed by atoms with Crippen molar-refractivity contribution < 1.29 is 14.0 Å². The Bertz CT molecular complexity index is 763. The van der Waals surface area contributed by atoms with Gasteiger partial charge in [-0.25, -0.2) is 4.39 Å². The summed E-state index contributed by atoms with van der Waals surface area (Å²) in [4.78, 5) is 26.6. The van der Waals surface area contributed by atoms with E-state index in [-0.39, 0.29) is 29.9 Å². The number of carbonyl (C=O) groups is 2. The van der Waals surface area contributed by atoms with Crippen molar-refractivity contribution in [2.75, 3.05) is 24.7 Å². The quantitative estimate of drug-likeness (QED) is 0.801. The van der Waals surface area contributed by atoms with Gasteiger partial charge >= 0.3 is 0 Å². The number of hydrogen-bond acceptors (Lipinski definition) is 3. The van der Waals surface area contributed by atoms with Crippen LogP contribution in [0.5, 0.6) is 0 Å². The van der Waals surface area contributed by atoms with Crippen LogP contribution in [0.25, 0.3) is 0 Å². The van der Waals surface area contributed by atoms with Crippen molar-refractivity contribution in [2.45, 2.75) is 18.7 Å². The first kappa shape index (κ1) is 19.0. The molecular weight excluding hydrogens is 339 g/mol. The maximum Gasteiger partial charge on any atom is 0.243 e. The molecule has 0 saturated heterocycles. The molecule has 25 heavy (non-hydrogen) atoms. The molecule has 0 heterocycles. The topological polar surface area (TPSA) is 49.4 Å². The summed E-state index contributed by atoms with van der Waals surface area (Å²) in [5, 5.41) is 2.64. The zero-order chi connectivity index (χ0) is 18.4. The third-order valence-electron chi connectivity index (χ3n) is 3.62. The fourth-order valence-electron chi connectivity index (χ4n) is 2.25. The van der Waals surface area contributed by atoms with E-state index in [0.29, 0.717) is 5.69 Å². The van der Waals surface area contributed by atoms with Gasteiger partial charge in [-0.15, -0.1) is 11.8 Å². The molecule has 2 aromatic carbocycles. The number of nitrogens with zero attached hydrogens (tertiary/aromatic N) is 1. The predicted octanol–water partition coefficient (Wildman–Crippen LogP) is 3.63. The summed E-state index contributed by atoms with van der Waals surface area (Å²) in [6.45, 7) is 3.99. The van der Waals surface area contributed by atoms with Crippen molar-refractivity contribution >= 4 is 29.3 Å². The molecule has 0 unspecified atom stereocenters. The minimum absolute atomic E-state index is 0.0519. The molecule has 0 aromatic heterocycles. The summed E-state index contributed by atoms with van der Waals surface area (Å²) in [5.74, 6) is -0.545. The second-order valence-electron chi connectivity index (χ2n) is 5.86. The van der Waals surface area contributed by atoms with Gasteiger partial charge in [-0.2, -0.15) is 0 Å². The molecule has 0 spiro atoms. The number of amides is 2. The second kappa shape index (κ2) is 8.67. The number of halogens is 1. The van der Waals surface area contributed by atoms with Crippen molar-refractivity contribution in [3.05, 3.63) is 59.4 Å². The van der Waals surface area contributed by atoms with Crippen LogP contribution < -0.4 is 5.32 Å². The molecule has 6 heteroatoms. The molecule has 0 bridgehead atoms. The van der Waals surface area contributed by atoms with Crippen molar-refractivity contribution in [3.63, 3.8) is 0 Å². The Kier molecular flexibility index (Phi) is 6.58. The molecule has 1 N–H and O–H groups in total. The number of benzene rings is 2. The van der Waals surface area contributed by atoms with Gasteiger partial charge in [-0.05, 0) is 49.7 Å². The Labute approximate surface area is 151 Å². The molecule has 0 fully saturated rings. The molecule has 0 radical (unpaired) electrons. The SMILES string of the molecule is Cc1ccc(SCC(=O)N(C)CC(=O)Nc2ccc(F)cc2)c(C)c1. The summed E-state index contributed by atoms with van der Waals surface area (Å²) in [7, 11) is 1.59. The average molecular weight is 360 g/mol. The van der Waals surface area contributed by atoms with Crippen LogP contribution in [0, 0.1) is 19.7 Å². The zero-order valence-electron chi connectivity index (χ0n) is 14.5. The maximum absolute atomic E-state index is 12.8. The first-order valence-corrected chi connectivity index (χ1v) is 8.83. The number of carbonyl (C=O) groups excluding carboxylic acids is 2. The van der Waals surface area contributed by atoms with Gasteiger partial charge in [0.15, 0.2) is 0 Å². The monoisotopic (exact) mass is 360 g/mol. The molecule has 4 nitrogen and oxygen atoms in total. The summed E-state index contributed by atoms with van der Waals surface area (Å²) in [6.07, 6.45) is 0.